The maximum atomic E-state index is 13.1. The molecule has 0 bridgehead atoms. The van der Waals surface area contributed by atoms with Crippen molar-refractivity contribution in [1.29, 1.82) is 0 Å². The van der Waals surface area contributed by atoms with E-state index in [2.05, 4.69) is 10.3 Å². The third-order valence-corrected chi connectivity index (χ3v) is 7.60. The van der Waals surface area contributed by atoms with Crippen LogP contribution in [0.1, 0.15) is 111 Å². The summed E-state index contributed by atoms with van der Waals surface area (Å²) in [5.74, 6) is -2.04. The second kappa shape index (κ2) is 19.7. The molecule has 0 unspecified atom stereocenters. The average molecular weight is 644 g/mol. The highest BCUT2D eigenvalue weighted by Crippen LogP contribution is 2.35. The van der Waals surface area contributed by atoms with Gasteiger partial charge in [-0.3, -0.25) is 19.2 Å². The van der Waals surface area contributed by atoms with E-state index in [0.717, 1.165) is 31.2 Å². The van der Waals surface area contributed by atoms with Gasteiger partial charge in [-0.05, 0) is 25.7 Å². The first-order chi connectivity index (χ1) is 22.3. The lowest BCUT2D eigenvalue weighted by atomic mass is 9.97. The second-order valence-electron chi connectivity index (χ2n) is 11.5. The summed E-state index contributed by atoms with van der Waals surface area (Å²) < 4.78 is 31.3. The minimum atomic E-state index is -1.28. The molecule has 3 rings (SSSR count). The van der Waals surface area contributed by atoms with E-state index in [1.54, 1.807) is 6.20 Å². The van der Waals surface area contributed by atoms with Gasteiger partial charge >= 0.3 is 23.9 Å². The first kappa shape index (κ1) is 36.7. The topological polar surface area (TPSA) is 145 Å². The van der Waals surface area contributed by atoms with Crippen LogP contribution in [-0.2, 0) is 42.9 Å². The molecule has 0 radical (unpaired) electrons. The summed E-state index contributed by atoms with van der Waals surface area (Å²) >= 11 is 0. The van der Waals surface area contributed by atoms with Gasteiger partial charge in [0.15, 0.2) is 24.5 Å². The van der Waals surface area contributed by atoms with Crippen molar-refractivity contribution >= 4 is 23.9 Å². The highest BCUT2D eigenvalue weighted by Gasteiger charge is 2.53. The highest BCUT2D eigenvalue weighted by atomic mass is 16.7. The largest absolute Gasteiger partial charge is 0.463 e. The average Bonchev–Trinajstić information content (AvgIpc) is 3.56. The minimum absolute atomic E-state index is 0.115. The number of aromatic nitrogens is 3. The van der Waals surface area contributed by atoms with Crippen LogP contribution in [0.2, 0.25) is 0 Å². The summed E-state index contributed by atoms with van der Waals surface area (Å²) in [7, 11) is 0. The summed E-state index contributed by atoms with van der Waals surface area (Å²) in [6.07, 6.45) is 1.75. The Morgan fingerprint density at radius 1 is 0.696 bits per heavy atom. The standard InChI is InChI=1S/C34H49N3O9/c1-5-9-18-27(38)42-23-26-31(44-28(39)19-10-6-2)32(45-29(40)20-11-7-3)33(46-30(41)21-12-8-4)34(43-26)37-22-25(35-36-37)24-16-14-13-15-17-24/h13-17,22,26,31-34H,5-12,18-21,23H2,1-4H3/t26-,31-,32+,33-,34-/m1/s1. The lowest BCUT2D eigenvalue weighted by Crippen LogP contribution is -2.61. The Morgan fingerprint density at radius 3 is 1.74 bits per heavy atom. The maximum Gasteiger partial charge on any atom is 0.306 e. The summed E-state index contributed by atoms with van der Waals surface area (Å²) in [5.41, 5.74) is 1.33. The molecule has 1 aliphatic rings. The lowest BCUT2D eigenvalue weighted by molar-refractivity contribution is -0.272. The van der Waals surface area contributed by atoms with E-state index in [0.29, 0.717) is 31.4 Å². The van der Waals surface area contributed by atoms with Crippen molar-refractivity contribution in [3.8, 4) is 11.3 Å². The predicted molar refractivity (Wildman–Crippen MR) is 168 cm³/mol. The van der Waals surface area contributed by atoms with Crippen LogP contribution in [0.15, 0.2) is 36.5 Å². The van der Waals surface area contributed by atoms with Crippen LogP contribution < -0.4 is 0 Å². The van der Waals surface area contributed by atoms with Gasteiger partial charge in [-0.15, -0.1) is 5.10 Å². The molecule has 1 aliphatic heterocycles. The van der Waals surface area contributed by atoms with Gasteiger partial charge in [0.1, 0.15) is 18.4 Å². The van der Waals surface area contributed by atoms with Crippen molar-refractivity contribution in [1.82, 2.24) is 15.0 Å². The van der Waals surface area contributed by atoms with Gasteiger partial charge in [0.05, 0.1) is 6.20 Å². The normalized spacial score (nSPS) is 20.9. The van der Waals surface area contributed by atoms with Gasteiger partial charge in [-0.1, -0.05) is 88.9 Å². The molecule has 0 saturated carbocycles. The van der Waals surface area contributed by atoms with Crippen LogP contribution in [0, 0.1) is 0 Å². The highest BCUT2D eigenvalue weighted by molar-refractivity contribution is 5.72. The molecule has 12 heteroatoms. The Morgan fingerprint density at radius 2 is 1.20 bits per heavy atom. The van der Waals surface area contributed by atoms with Gasteiger partial charge < -0.3 is 23.7 Å². The molecule has 0 N–H and O–H groups in total. The molecule has 5 atom stereocenters. The molecule has 1 fully saturated rings. The Balaban J connectivity index is 2.06. The number of carbonyl (C=O) groups is 4. The zero-order chi connectivity index (χ0) is 33.3. The number of nitrogens with zero attached hydrogens (tertiary/aromatic N) is 3. The van der Waals surface area contributed by atoms with Crippen molar-refractivity contribution in [3.63, 3.8) is 0 Å². The van der Waals surface area contributed by atoms with E-state index in [9.17, 15) is 19.2 Å². The number of hydrogen-bond donors (Lipinski definition) is 0. The first-order valence-corrected chi connectivity index (χ1v) is 16.7. The number of ether oxygens (including phenoxy) is 5. The number of hydrogen-bond acceptors (Lipinski definition) is 11. The van der Waals surface area contributed by atoms with E-state index in [1.165, 1.54) is 4.68 Å². The van der Waals surface area contributed by atoms with E-state index < -0.39 is 54.5 Å². The number of benzene rings is 1. The van der Waals surface area contributed by atoms with Crippen molar-refractivity contribution in [3.05, 3.63) is 36.5 Å². The van der Waals surface area contributed by atoms with Crippen LogP contribution in [0.25, 0.3) is 11.3 Å². The number of esters is 4. The van der Waals surface area contributed by atoms with Gasteiger partial charge in [-0.2, -0.15) is 0 Å². The quantitative estimate of drug-likeness (QED) is 0.134. The van der Waals surface area contributed by atoms with Crippen LogP contribution in [0.3, 0.4) is 0 Å². The molecule has 0 aliphatic carbocycles. The van der Waals surface area contributed by atoms with Crippen LogP contribution in [0.4, 0.5) is 0 Å². The van der Waals surface area contributed by atoms with Crippen molar-refractivity contribution in [2.24, 2.45) is 0 Å². The fourth-order valence-corrected chi connectivity index (χ4v) is 4.95. The van der Waals surface area contributed by atoms with Gasteiger partial charge in [0, 0.05) is 31.2 Å². The molecule has 0 spiro atoms. The fraction of sp³-hybridized carbons (Fsp3) is 0.647. The van der Waals surface area contributed by atoms with E-state index in [1.807, 2.05) is 58.0 Å². The number of carbonyl (C=O) groups excluding carboxylic acids is 4. The predicted octanol–water partition coefficient (Wildman–Crippen LogP) is 5.88. The Hall–Kier alpha value is -3.80. The Labute approximate surface area is 271 Å². The van der Waals surface area contributed by atoms with Gasteiger partial charge in [0.25, 0.3) is 0 Å². The Bertz CT molecular complexity index is 1240. The van der Waals surface area contributed by atoms with E-state index in [4.69, 9.17) is 23.7 Å². The van der Waals surface area contributed by atoms with Gasteiger partial charge in [0.2, 0.25) is 0 Å². The summed E-state index contributed by atoms with van der Waals surface area (Å²) in [6, 6.07) is 9.38. The second-order valence-corrected chi connectivity index (χ2v) is 11.5. The van der Waals surface area contributed by atoms with E-state index in [-0.39, 0.29) is 32.3 Å². The lowest BCUT2D eigenvalue weighted by Gasteiger charge is -2.44. The fourth-order valence-electron chi connectivity index (χ4n) is 4.95. The maximum absolute atomic E-state index is 13.1. The zero-order valence-electron chi connectivity index (χ0n) is 27.6. The monoisotopic (exact) mass is 643 g/mol. The molecule has 1 saturated heterocycles. The van der Waals surface area contributed by atoms with Crippen molar-refractivity contribution in [2.45, 2.75) is 135 Å². The van der Waals surface area contributed by atoms with E-state index >= 15 is 0 Å². The molecule has 2 aromatic rings. The molecular formula is C34H49N3O9. The Kier molecular flexibility index (Phi) is 15.7. The molecule has 254 valence electrons. The van der Waals surface area contributed by atoms with Gasteiger partial charge in [-0.25, -0.2) is 4.68 Å². The number of unbranched alkanes of at least 4 members (excludes halogenated alkanes) is 4. The SMILES string of the molecule is CCCCC(=O)OC[C@H]1O[C@@H](n2cc(-c3ccccc3)nn2)[C@H](OC(=O)CCCC)[C@@H](OC(=O)CCCC)[C@@H]1OC(=O)CCCC. The smallest absolute Gasteiger partial charge is 0.306 e. The third-order valence-electron chi connectivity index (χ3n) is 7.60. The number of rotatable bonds is 19. The van der Waals surface area contributed by atoms with Crippen molar-refractivity contribution in [2.75, 3.05) is 6.61 Å². The van der Waals surface area contributed by atoms with Crippen LogP contribution in [-0.4, -0.2) is 69.9 Å². The summed E-state index contributed by atoms with van der Waals surface area (Å²) in [5, 5.41) is 8.59. The molecule has 1 aromatic carbocycles. The summed E-state index contributed by atoms with van der Waals surface area (Å²) in [4.78, 5) is 51.8. The molecule has 1 aromatic heterocycles. The zero-order valence-corrected chi connectivity index (χ0v) is 27.6. The van der Waals surface area contributed by atoms with Crippen molar-refractivity contribution < 1.29 is 42.9 Å². The molecule has 12 nitrogen and oxygen atoms in total. The minimum Gasteiger partial charge on any atom is -0.463 e. The molecular weight excluding hydrogens is 594 g/mol. The third kappa shape index (κ3) is 11.2. The van der Waals surface area contributed by atoms with Crippen LogP contribution >= 0.6 is 0 Å². The molecule has 46 heavy (non-hydrogen) atoms. The summed E-state index contributed by atoms with van der Waals surface area (Å²) in [6.45, 7) is 7.54. The molecule has 0 amide bonds. The first-order valence-electron chi connectivity index (χ1n) is 16.7. The van der Waals surface area contributed by atoms with Crippen LogP contribution in [0.5, 0.6) is 0 Å². The molecule has 2 heterocycles.